The number of anilines is 1. The van der Waals surface area contributed by atoms with E-state index in [1.165, 1.54) is 29.7 Å². The lowest BCUT2D eigenvalue weighted by Gasteiger charge is -2.29. The van der Waals surface area contributed by atoms with E-state index in [-0.39, 0.29) is 0 Å². The van der Waals surface area contributed by atoms with Crippen molar-refractivity contribution in [3.05, 3.63) is 29.3 Å². The summed E-state index contributed by atoms with van der Waals surface area (Å²) in [6.07, 6.45) is 3.42. The van der Waals surface area contributed by atoms with Crippen LogP contribution in [0.5, 0.6) is 0 Å². The van der Waals surface area contributed by atoms with Gasteiger partial charge in [0, 0.05) is 18.8 Å². The second kappa shape index (κ2) is 6.65. The summed E-state index contributed by atoms with van der Waals surface area (Å²) in [5, 5.41) is 0. The van der Waals surface area contributed by atoms with Crippen molar-refractivity contribution in [1.82, 2.24) is 0 Å². The molecule has 0 heterocycles. The SMILES string of the molecule is CCCC(C)N(C)c1cccc(C)c1CCN. The minimum atomic E-state index is 0.582. The largest absolute Gasteiger partial charge is 0.372 e. The molecule has 2 N–H and O–H groups in total. The highest BCUT2D eigenvalue weighted by Crippen LogP contribution is 2.25. The second-order valence-corrected chi connectivity index (χ2v) is 4.86. The highest BCUT2D eigenvalue weighted by Gasteiger charge is 2.13. The minimum Gasteiger partial charge on any atom is -0.372 e. The molecule has 0 amide bonds. The molecule has 2 heteroatoms. The Labute approximate surface area is 106 Å². The van der Waals surface area contributed by atoms with Gasteiger partial charge in [-0.1, -0.05) is 25.5 Å². The fourth-order valence-corrected chi connectivity index (χ4v) is 2.34. The lowest BCUT2D eigenvalue weighted by atomic mass is 10.0. The molecule has 1 atom stereocenters. The van der Waals surface area contributed by atoms with E-state index in [0.29, 0.717) is 12.6 Å². The zero-order valence-corrected chi connectivity index (χ0v) is 11.7. The topological polar surface area (TPSA) is 29.3 Å². The molecular formula is C15H26N2. The number of nitrogens with zero attached hydrogens (tertiary/aromatic N) is 1. The fraction of sp³-hybridized carbons (Fsp3) is 0.600. The van der Waals surface area contributed by atoms with Gasteiger partial charge < -0.3 is 10.6 Å². The van der Waals surface area contributed by atoms with Crippen molar-refractivity contribution in [2.45, 2.75) is 46.1 Å². The molecule has 0 bridgehead atoms. The Bertz CT molecular complexity index is 347. The molecule has 0 aliphatic heterocycles. The Morgan fingerprint density at radius 1 is 1.35 bits per heavy atom. The van der Waals surface area contributed by atoms with E-state index in [9.17, 15) is 0 Å². The molecule has 0 saturated heterocycles. The minimum absolute atomic E-state index is 0.582. The van der Waals surface area contributed by atoms with Gasteiger partial charge in [-0.05, 0) is 50.4 Å². The van der Waals surface area contributed by atoms with Gasteiger partial charge in [-0.15, -0.1) is 0 Å². The average Bonchev–Trinajstić information content (AvgIpc) is 2.31. The van der Waals surface area contributed by atoms with Crippen molar-refractivity contribution in [3.8, 4) is 0 Å². The van der Waals surface area contributed by atoms with Gasteiger partial charge in [0.2, 0.25) is 0 Å². The van der Waals surface area contributed by atoms with E-state index in [4.69, 9.17) is 5.73 Å². The van der Waals surface area contributed by atoms with Gasteiger partial charge in [-0.25, -0.2) is 0 Å². The number of aryl methyl sites for hydroxylation is 1. The van der Waals surface area contributed by atoms with E-state index in [1.54, 1.807) is 0 Å². The van der Waals surface area contributed by atoms with Crippen LogP contribution in [0.4, 0.5) is 5.69 Å². The third kappa shape index (κ3) is 3.47. The molecule has 0 saturated carbocycles. The summed E-state index contributed by atoms with van der Waals surface area (Å²) in [5.74, 6) is 0. The highest BCUT2D eigenvalue weighted by molar-refractivity contribution is 5.57. The van der Waals surface area contributed by atoms with Crippen LogP contribution in [-0.4, -0.2) is 19.6 Å². The molecule has 0 spiro atoms. The van der Waals surface area contributed by atoms with Crippen LogP contribution in [0.15, 0.2) is 18.2 Å². The zero-order valence-electron chi connectivity index (χ0n) is 11.7. The molecule has 2 nitrogen and oxygen atoms in total. The van der Waals surface area contributed by atoms with Crippen LogP contribution >= 0.6 is 0 Å². The third-order valence-electron chi connectivity index (χ3n) is 3.53. The smallest absolute Gasteiger partial charge is 0.0401 e. The maximum absolute atomic E-state index is 5.71. The van der Waals surface area contributed by atoms with Crippen LogP contribution in [0.3, 0.4) is 0 Å². The monoisotopic (exact) mass is 234 g/mol. The van der Waals surface area contributed by atoms with Gasteiger partial charge in [0.1, 0.15) is 0 Å². The van der Waals surface area contributed by atoms with Crippen molar-refractivity contribution in [2.24, 2.45) is 5.73 Å². The van der Waals surface area contributed by atoms with E-state index >= 15 is 0 Å². The van der Waals surface area contributed by atoms with Crippen molar-refractivity contribution in [1.29, 1.82) is 0 Å². The first-order valence-corrected chi connectivity index (χ1v) is 6.63. The fourth-order valence-electron chi connectivity index (χ4n) is 2.34. The van der Waals surface area contributed by atoms with Crippen LogP contribution in [-0.2, 0) is 6.42 Å². The molecule has 0 aliphatic carbocycles. The summed E-state index contributed by atoms with van der Waals surface area (Å²) in [4.78, 5) is 2.39. The summed E-state index contributed by atoms with van der Waals surface area (Å²) in [7, 11) is 2.19. The molecule has 17 heavy (non-hydrogen) atoms. The summed E-state index contributed by atoms with van der Waals surface area (Å²) < 4.78 is 0. The molecule has 1 aromatic carbocycles. The van der Waals surface area contributed by atoms with Crippen molar-refractivity contribution >= 4 is 5.69 Å². The Morgan fingerprint density at radius 2 is 2.06 bits per heavy atom. The molecule has 1 rings (SSSR count). The quantitative estimate of drug-likeness (QED) is 0.819. The number of hydrogen-bond acceptors (Lipinski definition) is 2. The van der Waals surface area contributed by atoms with Crippen molar-refractivity contribution in [3.63, 3.8) is 0 Å². The number of nitrogens with two attached hydrogens (primary N) is 1. The molecule has 1 aromatic rings. The Hall–Kier alpha value is -1.02. The van der Waals surface area contributed by atoms with Crippen molar-refractivity contribution < 1.29 is 0 Å². The van der Waals surface area contributed by atoms with Gasteiger partial charge in [0.05, 0.1) is 0 Å². The first-order valence-electron chi connectivity index (χ1n) is 6.63. The lowest BCUT2D eigenvalue weighted by Crippen LogP contribution is -2.30. The van der Waals surface area contributed by atoms with Crippen molar-refractivity contribution in [2.75, 3.05) is 18.5 Å². The van der Waals surface area contributed by atoms with Crippen LogP contribution in [0.25, 0.3) is 0 Å². The summed E-state index contributed by atoms with van der Waals surface area (Å²) in [6, 6.07) is 7.11. The normalized spacial score (nSPS) is 12.5. The molecule has 0 radical (unpaired) electrons. The standard InChI is InChI=1S/C15H26N2/c1-5-7-13(3)17(4)15-9-6-8-12(2)14(15)10-11-16/h6,8-9,13H,5,7,10-11,16H2,1-4H3. The van der Waals surface area contributed by atoms with E-state index in [1.807, 2.05) is 0 Å². The number of rotatable bonds is 6. The molecule has 0 fully saturated rings. The van der Waals surface area contributed by atoms with Gasteiger partial charge in [-0.2, -0.15) is 0 Å². The zero-order chi connectivity index (χ0) is 12.8. The summed E-state index contributed by atoms with van der Waals surface area (Å²) >= 11 is 0. The summed E-state index contributed by atoms with van der Waals surface area (Å²) in [6.45, 7) is 7.42. The maximum atomic E-state index is 5.71. The van der Waals surface area contributed by atoms with Gasteiger partial charge in [-0.3, -0.25) is 0 Å². The van der Waals surface area contributed by atoms with E-state index < -0.39 is 0 Å². The van der Waals surface area contributed by atoms with E-state index in [2.05, 4.69) is 50.9 Å². The Kier molecular flexibility index (Phi) is 5.49. The maximum Gasteiger partial charge on any atom is 0.0401 e. The molecule has 1 unspecified atom stereocenters. The highest BCUT2D eigenvalue weighted by atomic mass is 15.1. The molecule has 0 aliphatic rings. The lowest BCUT2D eigenvalue weighted by molar-refractivity contribution is 0.614. The Morgan fingerprint density at radius 3 is 2.65 bits per heavy atom. The van der Waals surface area contributed by atoms with Gasteiger partial charge in [0.25, 0.3) is 0 Å². The van der Waals surface area contributed by atoms with Gasteiger partial charge >= 0.3 is 0 Å². The predicted octanol–water partition coefficient (Wildman–Crippen LogP) is 3.12. The van der Waals surface area contributed by atoms with Crippen LogP contribution in [0.1, 0.15) is 37.8 Å². The first-order chi connectivity index (χ1) is 8.11. The van der Waals surface area contributed by atoms with Crippen LogP contribution in [0.2, 0.25) is 0 Å². The van der Waals surface area contributed by atoms with Crippen LogP contribution in [0, 0.1) is 6.92 Å². The summed E-state index contributed by atoms with van der Waals surface area (Å²) in [5.41, 5.74) is 9.81. The second-order valence-electron chi connectivity index (χ2n) is 4.86. The van der Waals surface area contributed by atoms with E-state index in [0.717, 1.165) is 6.42 Å². The molecule has 96 valence electrons. The van der Waals surface area contributed by atoms with Gasteiger partial charge in [0.15, 0.2) is 0 Å². The van der Waals surface area contributed by atoms with Crippen LogP contribution < -0.4 is 10.6 Å². The average molecular weight is 234 g/mol. The Balaban J connectivity index is 2.99. The number of benzene rings is 1. The molecular weight excluding hydrogens is 208 g/mol. The third-order valence-corrected chi connectivity index (χ3v) is 3.53. The first kappa shape index (κ1) is 14.0. The number of hydrogen-bond donors (Lipinski definition) is 1. The predicted molar refractivity (Wildman–Crippen MR) is 76.7 cm³/mol. The molecule has 0 aromatic heterocycles.